The van der Waals surface area contributed by atoms with Crippen molar-refractivity contribution in [1.29, 1.82) is 0 Å². The van der Waals surface area contributed by atoms with Crippen LogP contribution in [0.5, 0.6) is 0 Å². The van der Waals surface area contributed by atoms with Crippen LogP contribution in [0.15, 0.2) is 24.3 Å². The fourth-order valence-corrected chi connectivity index (χ4v) is 5.64. The van der Waals surface area contributed by atoms with Crippen molar-refractivity contribution in [2.24, 2.45) is 0 Å². The van der Waals surface area contributed by atoms with E-state index in [1.807, 2.05) is 0 Å². The van der Waals surface area contributed by atoms with Crippen molar-refractivity contribution < 1.29 is 0 Å². The normalized spacial score (nSPS) is 11.9. The van der Waals surface area contributed by atoms with Gasteiger partial charge in [0.05, 0.1) is 0 Å². The number of aryl methyl sites for hydroxylation is 1. The van der Waals surface area contributed by atoms with E-state index in [0.717, 1.165) is 20.5 Å². The summed E-state index contributed by atoms with van der Waals surface area (Å²) in [7, 11) is 2.28. The molecule has 0 bridgehead atoms. The molecule has 0 aliphatic rings. The smallest absolute Gasteiger partial charge is 0.0464 e. The monoisotopic (exact) mass is 409 g/mol. The van der Waals surface area contributed by atoms with Gasteiger partial charge in [-0.1, -0.05) is 36.7 Å². The van der Waals surface area contributed by atoms with Crippen molar-refractivity contribution in [3.63, 3.8) is 0 Å². The third-order valence-electron chi connectivity index (χ3n) is 4.32. The van der Waals surface area contributed by atoms with Gasteiger partial charge in [-0.25, -0.2) is 0 Å². The second-order valence-corrected chi connectivity index (χ2v) is 8.65. The van der Waals surface area contributed by atoms with E-state index >= 15 is 0 Å². The molecule has 1 nitrogen and oxygen atoms in total. The molecule has 0 radical (unpaired) electrons. The molecule has 104 valence electrons. The first kappa shape index (κ1) is 14.3. The zero-order valence-electron chi connectivity index (χ0n) is 12.3. The molecule has 1 heterocycles. The Morgan fingerprint density at radius 3 is 2.65 bits per heavy atom. The first-order chi connectivity index (χ1) is 9.65. The predicted molar refractivity (Wildman–Crippen MR) is 106 cm³/mol. The highest BCUT2D eigenvalue weighted by Crippen LogP contribution is 2.30. The van der Waals surface area contributed by atoms with Gasteiger partial charge >= 0.3 is 0 Å². The minimum atomic E-state index is 1.13. The lowest BCUT2D eigenvalue weighted by molar-refractivity contribution is 0.797. The second-order valence-electron chi connectivity index (χ2n) is 5.57. The summed E-state index contributed by atoms with van der Waals surface area (Å²) in [5.41, 5.74) is 4.30. The van der Waals surface area contributed by atoms with Crippen molar-refractivity contribution >= 4 is 75.3 Å². The lowest BCUT2D eigenvalue weighted by Crippen LogP contribution is -2.30. The summed E-state index contributed by atoms with van der Waals surface area (Å²) in [6, 6.07) is 8.77. The van der Waals surface area contributed by atoms with Crippen molar-refractivity contribution in [2.75, 3.05) is 0 Å². The van der Waals surface area contributed by atoms with E-state index in [0.29, 0.717) is 0 Å². The highest BCUT2D eigenvalue weighted by atomic mass is 127. The molecule has 0 amide bonds. The number of unbranched alkanes of at least 4 members (excludes halogenated alkanes) is 1. The van der Waals surface area contributed by atoms with Gasteiger partial charge in [0, 0.05) is 45.9 Å². The van der Waals surface area contributed by atoms with Crippen LogP contribution in [0, 0.1) is 3.57 Å². The first-order valence-electron chi connectivity index (χ1n) is 7.33. The summed E-state index contributed by atoms with van der Waals surface area (Å²) in [5, 5.41) is 6.13. The maximum atomic E-state index is 3.68. The summed E-state index contributed by atoms with van der Waals surface area (Å²) in [6.07, 6.45) is 3.76. The standard InChI is InChI=1S/C16H20INSi2/c1-2-3-6-10-12-9-7-4-5-8-11(9)18-14(12)16(20)15(19)13(10)17/h4-5,7-8,18H,2-3,6H2,1,19-20H3. The van der Waals surface area contributed by atoms with Crippen molar-refractivity contribution in [2.45, 2.75) is 26.2 Å². The first-order valence-corrected chi connectivity index (χ1v) is 10.4. The molecule has 0 saturated heterocycles. The molecule has 0 saturated carbocycles. The number of aromatic amines is 1. The minimum Gasteiger partial charge on any atom is -0.355 e. The van der Waals surface area contributed by atoms with Gasteiger partial charge in [-0.3, -0.25) is 0 Å². The van der Waals surface area contributed by atoms with Crippen LogP contribution < -0.4 is 10.4 Å². The van der Waals surface area contributed by atoms with E-state index in [1.54, 1.807) is 19.5 Å². The fourth-order valence-electron chi connectivity index (χ4n) is 3.01. The van der Waals surface area contributed by atoms with Crippen LogP contribution in [-0.2, 0) is 6.42 Å². The van der Waals surface area contributed by atoms with Crippen LogP contribution in [0.2, 0.25) is 0 Å². The number of hydrogen-bond acceptors (Lipinski definition) is 0. The number of para-hydroxylation sites is 1. The molecule has 1 aromatic heterocycles. The zero-order chi connectivity index (χ0) is 14.3. The van der Waals surface area contributed by atoms with Gasteiger partial charge in [-0.2, -0.15) is 0 Å². The van der Waals surface area contributed by atoms with Crippen LogP contribution in [-0.4, -0.2) is 25.5 Å². The van der Waals surface area contributed by atoms with Crippen molar-refractivity contribution in [3.8, 4) is 0 Å². The Bertz CT molecular complexity index is 792. The third-order valence-corrected chi connectivity index (χ3v) is 10.3. The van der Waals surface area contributed by atoms with Gasteiger partial charge < -0.3 is 4.98 Å². The molecule has 0 atom stereocenters. The van der Waals surface area contributed by atoms with Crippen LogP contribution >= 0.6 is 22.6 Å². The minimum absolute atomic E-state index is 1.13. The number of benzene rings is 2. The van der Waals surface area contributed by atoms with E-state index < -0.39 is 0 Å². The number of aromatic nitrogens is 1. The fraction of sp³-hybridized carbons (Fsp3) is 0.250. The Labute approximate surface area is 139 Å². The summed E-state index contributed by atoms with van der Waals surface area (Å²) in [6.45, 7) is 2.28. The Balaban J connectivity index is 2.44. The van der Waals surface area contributed by atoms with Crippen molar-refractivity contribution in [1.82, 2.24) is 4.98 Å². The molecule has 0 unspecified atom stereocenters. The molecule has 0 spiro atoms. The average molecular weight is 409 g/mol. The van der Waals surface area contributed by atoms with Crippen LogP contribution in [0.1, 0.15) is 25.3 Å². The average Bonchev–Trinajstić information content (AvgIpc) is 2.85. The Morgan fingerprint density at radius 1 is 1.15 bits per heavy atom. The van der Waals surface area contributed by atoms with Gasteiger partial charge in [0.1, 0.15) is 0 Å². The molecule has 3 aromatic rings. The summed E-state index contributed by atoms with van der Waals surface area (Å²) < 4.78 is 1.55. The number of H-pyrrole nitrogens is 1. The van der Waals surface area contributed by atoms with Gasteiger partial charge in [0.2, 0.25) is 0 Å². The maximum Gasteiger partial charge on any atom is 0.0464 e. The Morgan fingerprint density at radius 2 is 1.90 bits per heavy atom. The summed E-state index contributed by atoms with van der Waals surface area (Å²) >= 11 is 2.59. The van der Waals surface area contributed by atoms with Crippen molar-refractivity contribution in [3.05, 3.63) is 33.4 Å². The number of rotatable bonds is 3. The summed E-state index contributed by atoms with van der Waals surface area (Å²) in [4.78, 5) is 3.68. The lowest BCUT2D eigenvalue weighted by atomic mass is 10.0. The van der Waals surface area contributed by atoms with E-state index in [1.165, 1.54) is 41.1 Å². The molecular weight excluding hydrogens is 389 g/mol. The summed E-state index contributed by atoms with van der Waals surface area (Å²) in [5.74, 6) is 0. The zero-order valence-corrected chi connectivity index (χ0v) is 18.5. The number of nitrogens with one attached hydrogen (secondary N) is 1. The van der Waals surface area contributed by atoms with Gasteiger partial charge in [0.25, 0.3) is 0 Å². The predicted octanol–water partition coefficient (Wildman–Crippen LogP) is 1.25. The molecule has 3 rings (SSSR count). The topological polar surface area (TPSA) is 15.8 Å². The molecule has 2 aromatic carbocycles. The Hall–Kier alpha value is -0.596. The van der Waals surface area contributed by atoms with Crippen LogP contribution in [0.3, 0.4) is 0 Å². The SMILES string of the molecule is CCCCc1c(I)c([SiH3])c([SiH3])c2[nH]c3ccccc3c12. The molecule has 1 N–H and O–H groups in total. The highest BCUT2D eigenvalue weighted by molar-refractivity contribution is 14.1. The van der Waals surface area contributed by atoms with E-state index in [4.69, 9.17) is 0 Å². The van der Waals surface area contributed by atoms with Gasteiger partial charge in [-0.05, 0) is 52.2 Å². The number of fused-ring (bicyclic) bond motifs is 3. The largest absolute Gasteiger partial charge is 0.355 e. The molecule has 4 heteroatoms. The third kappa shape index (κ3) is 2.17. The Kier molecular flexibility index (Phi) is 4.05. The lowest BCUT2D eigenvalue weighted by Gasteiger charge is -2.13. The van der Waals surface area contributed by atoms with Gasteiger partial charge in [0.15, 0.2) is 0 Å². The van der Waals surface area contributed by atoms with E-state index in [-0.39, 0.29) is 0 Å². The molecule has 20 heavy (non-hydrogen) atoms. The van der Waals surface area contributed by atoms with E-state index in [9.17, 15) is 0 Å². The second kappa shape index (κ2) is 5.65. The van der Waals surface area contributed by atoms with E-state index in [2.05, 4.69) is 58.8 Å². The quantitative estimate of drug-likeness (QED) is 0.495. The molecule has 0 fully saturated rings. The van der Waals surface area contributed by atoms with Crippen LogP contribution in [0.4, 0.5) is 0 Å². The number of hydrogen-bond donors (Lipinski definition) is 1. The molecular formula is C16H20INSi2. The maximum absolute atomic E-state index is 3.68. The molecule has 0 aliphatic heterocycles. The van der Waals surface area contributed by atoms with Gasteiger partial charge in [-0.15, -0.1) is 0 Å². The highest BCUT2D eigenvalue weighted by Gasteiger charge is 2.16. The number of halogens is 1. The van der Waals surface area contributed by atoms with Crippen LogP contribution in [0.25, 0.3) is 21.8 Å². The molecule has 0 aliphatic carbocycles.